The maximum Gasteiger partial charge on any atom is 0.402 e. The molecule has 8 heteroatoms. The molecule has 4 rings (SSSR count). The molecule has 1 unspecified atom stereocenters. The van der Waals surface area contributed by atoms with Gasteiger partial charge in [0.25, 0.3) is 5.91 Å². The number of aromatic nitrogens is 2. The van der Waals surface area contributed by atoms with Gasteiger partial charge in [0, 0.05) is 24.7 Å². The lowest BCUT2D eigenvalue weighted by Gasteiger charge is -2.30. The number of imidazole rings is 1. The van der Waals surface area contributed by atoms with Gasteiger partial charge < -0.3 is 0 Å². The fourth-order valence-electron chi connectivity index (χ4n) is 3.30. The summed E-state index contributed by atoms with van der Waals surface area (Å²) in [5.41, 5.74) is 1.93. The number of benzene rings is 1. The van der Waals surface area contributed by atoms with Crippen molar-refractivity contribution >= 4 is 35.3 Å². The third kappa shape index (κ3) is 2.19. The average Bonchev–Trinajstić information content (AvgIpc) is 3.09. The molecule has 0 N–H and O–H groups in total. The molecule has 1 atom stereocenters. The number of imide groups is 1. The third-order valence-electron chi connectivity index (χ3n) is 4.73. The van der Waals surface area contributed by atoms with Crippen LogP contribution in [0.5, 0.6) is 0 Å². The molecule has 7 nitrogen and oxygen atoms in total. The number of aryl methyl sites for hydroxylation is 1. The first-order chi connectivity index (χ1) is 11.9. The van der Waals surface area contributed by atoms with E-state index in [2.05, 4.69) is 4.99 Å². The molecule has 0 spiro atoms. The summed E-state index contributed by atoms with van der Waals surface area (Å²) in [5, 5.41) is 0.681. The molecule has 25 heavy (non-hydrogen) atoms. The van der Waals surface area contributed by atoms with Crippen molar-refractivity contribution in [2.24, 2.45) is 4.99 Å². The van der Waals surface area contributed by atoms with E-state index in [9.17, 15) is 9.59 Å². The lowest BCUT2D eigenvalue weighted by Crippen LogP contribution is -2.61. The number of hydrogen-bond acceptors (Lipinski definition) is 3. The van der Waals surface area contributed by atoms with E-state index in [-0.39, 0.29) is 11.9 Å². The Balaban J connectivity index is 1.81. The van der Waals surface area contributed by atoms with Gasteiger partial charge in [-0.3, -0.25) is 14.6 Å². The first kappa shape index (κ1) is 15.8. The Morgan fingerprint density at radius 3 is 2.64 bits per heavy atom. The SMILES string of the molecule is Cc1c[n+]2c(n1Cc1ccccc1Cl)N=C1C2C(=O)N(C)C(=O)N1C. The highest BCUT2D eigenvalue weighted by Crippen LogP contribution is 2.29. The zero-order chi connectivity index (χ0) is 17.9. The molecule has 3 heterocycles. The van der Waals surface area contributed by atoms with Gasteiger partial charge in [-0.05, 0) is 13.0 Å². The summed E-state index contributed by atoms with van der Waals surface area (Å²) < 4.78 is 3.82. The van der Waals surface area contributed by atoms with Crippen LogP contribution in [0, 0.1) is 6.92 Å². The van der Waals surface area contributed by atoms with Gasteiger partial charge >= 0.3 is 12.0 Å². The molecule has 2 aromatic rings. The van der Waals surface area contributed by atoms with Crippen LogP contribution in [-0.2, 0) is 11.3 Å². The van der Waals surface area contributed by atoms with E-state index in [1.54, 1.807) is 7.05 Å². The molecule has 0 aliphatic carbocycles. The van der Waals surface area contributed by atoms with Gasteiger partial charge in [-0.15, -0.1) is 0 Å². The Morgan fingerprint density at radius 2 is 1.92 bits per heavy atom. The highest BCUT2D eigenvalue weighted by atomic mass is 35.5. The van der Waals surface area contributed by atoms with Crippen molar-refractivity contribution in [2.75, 3.05) is 14.1 Å². The van der Waals surface area contributed by atoms with E-state index in [1.807, 2.05) is 46.5 Å². The number of rotatable bonds is 2. The minimum Gasteiger partial charge on any atom is -0.270 e. The number of likely N-dealkylation sites (N-methyl/N-ethyl adjacent to an activating group) is 2. The van der Waals surface area contributed by atoms with Crippen molar-refractivity contribution < 1.29 is 14.2 Å². The minimum atomic E-state index is -0.603. The average molecular weight is 359 g/mol. The molecule has 0 bridgehead atoms. The summed E-state index contributed by atoms with van der Waals surface area (Å²) in [7, 11) is 3.12. The summed E-state index contributed by atoms with van der Waals surface area (Å²) in [4.78, 5) is 31.9. The molecule has 2 aliphatic rings. The number of fused-ring (bicyclic) bond motifs is 3. The van der Waals surface area contributed by atoms with Crippen LogP contribution in [0.25, 0.3) is 0 Å². The summed E-state index contributed by atoms with van der Waals surface area (Å²) >= 11 is 6.28. The van der Waals surface area contributed by atoms with Crippen LogP contribution in [-0.4, -0.2) is 46.2 Å². The number of aliphatic imine (C=N–C) groups is 1. The Hall–Kier alpha value is -2.67. The quantitative estimate of drug-likeness (QED) is 0.770. The molecular formula is C17H17ClN5O2+. The molecule has 128 valence electrons. The Bertz CT molecular complexity index is 949. The van der Waals surface area contributed by atoms with Gasteiger partial charge in [-0.25, -0.2) is 13.9 Å². The van der Waals surface area contributed by atoms with Crippen LogP contribution in [0.2, 0.25) is 5.02 Å². The Labute approximate surface area is 149 Å². The van der Waals surface area contributed by atoms with E-state index in [0.29, 0.717) is 23.4 Å². The fourth-order valence-corrected chi connectivity index (χ4v) is 3.50. The lowest BCUT2D eigenvalue weighted by molar-refractivity contribution is -0.677. The zero-order valence-corrected chi connectivity index (χ0v) is 14.9. The number of amides is 3. The molecule has 3 amide bonds. The predicted octanol–water partition coefficient (Wildman–Crippen LogP) is 1.89. The molecule has 0 saturated carbocycles. The summed E-state index contributed by atoms with van der Waals surface area (Å²) in [6.07, 6.45) is 1.89. The monoisotopic (exact) mass is 358 g/mol. The van der Waals surface area contributed by atoms with Crippen LogP contribution in [0.4, 0.5) is 10.7 Å². The zero-order valence-electron chi connectivity index (χ0n) is 14.1. The van der Waals surface area contributed by atoms with Crippen LogP contribution in [0.3, 0.4) is 0 Å². The number of carbonyl (C=O) groups excluding carboxylic acids is 2. The molecule has 1 fully saturated rings. The van der Waals surface area contributed by atoms with Crippen LogP contribution >= 0.6 is 11.6 Å². The van der Waals surface area contributed by atoms with Crippen LogP contribution < -0.4 is 4.57 Å². The third-order valence-corrected chi connectivity index (χ3v) is 5.10. The minimum absolute atomic E-state index is 0.277. The van der Waals surface area contributed by atoms with Crippen molar-refractivity contribution in [2.45, 2.75) is 19.5 Å². The number of hydrogen-bond donors (Lipinski definition) is 0. The van der Waals surface area contributed by atoms with E-state index in [1.165, 1.54) is 11.9 Å². The topological polar surface area (TPSA) is 61.8 Å². The van der Waals surface area contributed by atoms with Crippen molar-refractivity contribution in [1.82, 2.24) is 14.4 Å². The molecular weight excluding hydrogens is 342 g/mol. The van der Waals surface area contributed by atoms with Gasteiger partial charge in [0.05, 0.1) is 6.54 Å². The van der Waals surface area contributed by atoms with Gasteiger partial charge in [0.1, 0.15) is 11.9 Å². The molecule has 1 aromatic carbocycles. The van der Waals surface area contributed by atoms with Crippen molar-refractivity contribution in [3.05, 3.63) is 46.7 Å². The molecule has 2 aliphatic heterocycles. The second kappa shape index (κ2) is 5.42. The van der Waals surface area contributed by atoms with Crippen LogP contribution in [0.15, 0.2) is 35.5 Å². The lowest BCUT2D eigenvalue weighted by atomic mass is 10.2. The first-order valence-electron chi connectivity index (χ1n) is 7.88. The second-order valence-electron chi connectivity index (χ2n) is 6.27. The largest absolute Gasteiger partial charge is 0.402 e. The summed E-state index contributed by atoms with van der Waals surface area (Å²) in [5.74, 6) is 0.817. The number of urea groups is 1. The predicted molar refractivity (Wildman–Crippen MR) is 92.0 cm³/mol. The molecule has 0 radical (unpaired) electrons. The van der Waals surface area contributed by atoms with Gasteiger partial charge in [-0.1, -0.05) is 34.8 Å². The second-order valence-corrected chi connectivity index (χ2v) is 6.67. The van der Waals surface area contributed by atoms with E-state index < -0.39 is 6.04 Å². The Kier molecular flexibility index (Phi) is 3.43. The first-order valence-corrected chi connectivity index (χ1v) is 8.26. The smallest absolute Gasteiger partial charge is 0.270 e. The molecule has 1 saturated heterocycles. The van der Waals surface area contributed by atoms with Gasteiger partial charge in [0.2, 0.25) is 11.9 Å². The van der Waals surface area contributed by atoms with E-state index in [4.69, 9.17) is 11.6 Å². The highest BCUT2D eigenvalue weighted by molar-refractivity contribution is 6.31. The van der Waals surface area contributed by atoms with E-state index >= 15 is 0 Å². The Morgan fingerprint density at radius 1 is 1.20 bits per heavy atom. The van der Waals surface area contributed by atoms with Crippen molar-refractivity contribution in [1.29, 1.82) is 0 Å². The number of nitrogens with zero attached hydrogens (tertiary/aromatic N) is 5. The van der Waals surface area contributed by atoms with Gasteiger partial charge in [-0.2, -0.15) is 0 Å². The van der Waals surface area contributed by atoms with Gasteiger partial charge in [0.15, 0.2) is 0 Å². The normalized spacial score (nSPS) is 19.2. The van der Waals surface area contributed by atoms with Crippen LogP contribution in [0.1, 0.15) is 17.3 Å². The molecule has 1 aromatic heterocycles. The number of carbonyl (C=O) groups is 2. The van der Waals surface area contributed by atoms with E-state index in [0.717, 1.165) is 16.2 Å². The standard InChI is InChI=1S/C17H17ClN5O2/c1-10-8-23-13-14(20(2)17(25)21(3)15(13)24)19-16(23)22(10)9-11-6-4-5-7-12(11)18/h4-8,13H,9H2,1-3H3/q+1. The summed E-state index contributed by atoms with van der Waals surface area (Å²) in [6, 6.07) is 6.65. The summed E-state index contributed by atoms with van der Waals surface area (Å²) in [6.45, 7) is 2.50. The maximum atomic E-state index is 12.6. The van der Waals surface area contributed by atoms with Crippen molar-refractivity contribution in [3.63, 3.8) is 0 Å². The van der Waals surface area contributed by atoms with Crippen molar-refractivity contribution in [3.8, 4) is 0 Å². The highest BCUT2D eigenvalue weighted by Gasteiger charge is 2.52. The number of halogens is 1. The number of amidine groups is 1. The maximum absolute atomic E-state index is 12.6. The fraction of sp³-hybridized carbons (Fsp3) is 0.294.